The molecule has 2 unspecified atom stereocenters. The Morgan fingerprint density at radius 1 is 1.14 bits per heavy atom. The van der Waals surface area contributed by atoms with Gasteiger partial charge in [-0.05, 0) is 18.6 Å². The van der Waals surface area contributed by atoms with Gasteiger partial charge < -0.3 is 21.1 Å². The van der Waals surface area contributed by atoms with Crippen molar-refractivity contribution >= 4 is 55.3 Å². The molecular formula is C18H23Br2F2N3O4. The van der Waals surface area contributed by atoms with Crippen LogP contribution in [0.3, 0.4) is 0 Å². The zero-order valence-electron chi connectivity index (χ0n) is 15.9. The van der Waals surface area contributed by atoms with Crippen molar-refractivity contribution in [1.29, 1.82) is 0 Å². The van der Waals surface area contributed by atoms with E-state index in [4.69, 9.17) is 10.8 Å². The molecule has 0 aliphatic heterocycles. The molecule has 4 N–H and O–H groups in total. The fourth-order valence-electron chi connectivity index (χ4n) is 2.65. The third kappa shape index (κ3) is 8.25. The number of anilines is 1. The fourth-order valence-corrected chi connectivity index (χ4v) is 3.35. The van der Waals surface area contributed by atoms with Crippen LogP contribution in [-0.4, -0.2) is 51.7 Å². The third-order valence-electron chi connectivity index (χ3n) is 3.82. The van der Waals surface area contributed by atoms with Crippen molar-refractivity contribution in [3.05, 3.63) is 29.3 Å². The molecule has 0 aromatic heterocycles. The molecule has 0 fully saturated rings. The highest BCUT2D eigenvalue weighted by molar-refractivity contribution is 9.09. The van der Waals surface area contributed by atoms with E-state index in [1.807, 2.05) is 13.8 Å². The number of carbonyl (C=O) groups excluding carboxylic acids is 2. The molecule has 0 radical (unpaired) electrons. The van der Waals surface area contributed by atoms with Crippen molar-refractivity contribution < 1.29 is 28.3 Å². The number of nitrogens with one attached hydrogen (secondary N) is 1. The summed E-state index contributed by atoms with van der Waals surface area (Å²) in [4.78, 5) is 35.8. The number of aliphatic carboxylic acids is 1. The number of halogens is 4. The summed E-state index contributed by atoms with van der Waals surface area (Å²) >= 11 is 6.72. The second-order valence-electron chi connectivity index (χ2n) is 6.62. The summed E-state index contributed by atoms with van der Waals surface area (Å²) in [5.41, 5.74) is 4.34. The van der Waals surface area contributed by atoms with Gasteiger partial charge in [-0.25, -0.2) is 13.6 Å². The van der Waals surface area contributed by atoms with Crippen molar-refractivity contribution in [2.24, 2.45) is 5.73 Å². The Morgan fingerprint density at radius 2 is 1.62 bits per heavy atom. The van der Waals surface area contributed by atoms with Crippen LogP contribution in [0.5, 0.6) is 0 Å². The van der Waals surface area contributed by atoms with Crippen LogP contribution in [-0.2, 0) is 9.59 Å². The SMILES string of the molecule is CC(Br)CN(CC(C)Br)c1c(F)cc(C(=O)N[C@@H](CCC(N)=O)C(=O)O)cc1F. The minimum atomic E-state index is -1.42. The Labute approximate surface area is 184 Å². The number of hydrogen-bond donors (Lipinski definition) is 3. The van der Waals surface area contributed by atoms with Gasteiger partial charge in [-0.2, -0.15) is 0 Å². The minimum Gasteiger partial charge on any atom is -0.480 e. The van der Waals surface area contributed by atoms with Crippen molar-refractivity contribution in [3.63, 3.8) is 0 Å². The van der Waals surface area contributed by atoms with Gasteiger partial charge in [-0.15, -0.1) is 0 Å². The number of hydrogen-bond acceptors (Lipinski definition) is 4. The van der Waals surface area contributed by atoms with Crippen LogP contribution in [0.25, 0.3) is 0 Å². The second-order valence-corrected chi connectivity index (χ2v) is 9.75. The highest BCUT2D eigenvalue weighted by Gasteiger charge is 2.25. The van der Waals surface area contributed by atoms with E-state index in [0.717, 1.165) is 12.1 Å². The van der Waals surface area contributed by atoms with E-state index in [1.165, 1.54) is 4.90 Å². The maximum atomic E-state index is 14.7. The van der Waals surface area contributed by atoms with Gasteiger partial charge in [0.25, 0.3) is 5.91 Å². The molecule has 1 aromatic carbocycles. The molecule has 0 bridgehead atoms. The summed E-state index contributed by atoms with van der Waals surface area (Å²) in [6.07, 6.45) is -0.497. The predicted octanol–water partition coefficient (Wildman–Crippen LogP) is 2.79. The van der Waals surface area contributed by atoms with Crippen LogP contribution < -0.4 is 16.0 Å². The van der Waals surface area contributed by atoms with E-state index < -0.39 is 35.5 Å². The molecule has 0 saturated carbocycles. The fraction of sp³-hybridized carbons (Fsp3) is 0.500. The van der Waals surface area contributed by atoms with E-state index >= 15 is 0 Å². The van der Waals surface area contributed by atoms with E-state index in [9.17, 15) is 23.2 Å². The van der Waals surface area contributed by atoms with Crippen molar-refractivity contribution in [2.45, 2.75) is 42.4 Å². The predicted molar refractivity (Wildman–Crippen MR) is 113 cm³/mol. The summed E-state index contributed by atoms with van der Waals surface area (Å²) in [5, 5.41) is 11.3. The number of rotatable bonds is 11. The number of nitrogens with zero attached hydrogens (tertiary/aromatic N) is 1. The normalized spacial score (nSPS) is 14.0. The molecule has 162 valence electrons. The summed E-state index contributed by atoms with van der Waals surface area (Å²) in [7, 11) is 0. The Hall–Kier alpha value is -1.75. The van der Waals surface area contributed by atoms with Crippen LogP contribution >= 0.6 is 31.9 Å². The van der Waals surface area contributed by atoms with Gasteiger partial charge in [0.2, 0.25) is 5.91 Å². The number of carboxylic acids is 1. The first-order valence-corrected chi connectivity index (χ1v) is 10.6. The number of primary amides is 1. The van der Waals surface area contributed by atoms with Gasteiger partial charge in [0.15, 0.2) is 0 Å². The average Bonchev–Trinajstić information content (AvgIpc) is 2.55. The Balaban J connectivity index is 3.11. The standard InChI is InChI=1S/C18H23Br2F2N3O4/c1-9(19)7-25(8-10(2)20)16-12(21)5-11(6-13(16)22)17(27)24-14(18(28)29)3-4-15(23)26/h5-6,9-10,14H,3-4,7-8H2,1-2H3,(H2,23,26)(H,24,27)(H,28,29)/t9?,10?,14-/m0/s1. The molecule has 7 nitrogen and oxygen atoms in total. The lowest BCUT2D eigenvalue weighted by atomic mass is 10.1. The maximum Gasteiger partial charge on any atom is 0.326 e. The van der Waals surface area contributed by atoms with Gasteiger partial charge >= 0.3 is 5.97 Å². The Bertz CT molecular complexity index is 730. The van der Waals surface area contributed by atoms with Crippen LogP contribution in [0.15, 0.2) is 12.1 Å². The van der Waals surface area contributed by atoms with Gasteiger partial charge in [0, 0.05) is 34.7 Å². The number of nitrogens with two attached hydrogens (primary N) is 1. The number of alkyl halides is 2. The third-order valence-corrected chi connectivity index (χ3v) is 4.40. The molecule has 29 heavy (non-hydrogen) atoms. The van der Waals surface area contributed by atoms with Crippen molar-refractivity contribution in [2.75, 3.05) is 18.0 Å². The highest BCUT2D eigenvalue weighted by Crippen LogP contribution is 2.27. The number of benzene rings is 1. The quantitative estimate of drug-likeness (QED) is 0.372. The van der Waals surface area contributed by atoms with Gasteiger partial charge in [-0.3, -0.25) is 9.59 Å². The first-order chi connectivity index (χ1) is 13.4. The van der Waals surface area contributed by atoms with Gasteiger partial charge in [-0.1, -0.05) is 45.7 Å². The largest absolute Gasteiger partial charge is 0.480 e. The van der Waals surface area contributed by atoms with Crippen LogP contribution in [0, 0.1) is 11.6 Å². The van der Waals surface area contributed by atoms with Crippen LogP contribution in [0.4, 0.5) is 14.5 Å². The summed E-state index contributed by atoms with van der Waals surface area (Å²) in [6, 6.07) is 0.289. The molecule has 3 atom stereocenters. The molecule has 0 aliphatic carbocycles. The zero-order valence-corrected chi connectivity index (χ0v) is 19.1. The number of amides is 2. The van der Waals surface area contributed by atoms with E-state index in [0.29, 0.717) is 13.1 Å². The van der Waals surface area contributed by atoms with Crippen molar-refractivity contribution in [3.8, 4) is 0 Å². The topological polar surface area (TPSA) is 113 Å². The van der Waals surface area contributed by atoms with Gasteiger partial charge in [0.05, 0.1) is 0 Å². The Morgan fingerprint density at radius 3 is 2.00 bits per heavy atom. The van der Waals surface area contributed by atoms with Crippen LogP contribution in [0.1, 0.15) is 37.0 Å². The lowest BCUT2D eigenvalue weighted by molar-refractivity contribution is -0.139. The molecule has 1 rings (SSSR count). The zero-order chi connectivity index (χ0) is 22.3. The molecule has 2 amide bonds. The molecule has 1 aromatic rings. The Kier molecular flexibility index (Phi) is 9.97. The lowest BCUT2D eigenvalue weighted by Gasteiger charge is -2.28. The maximum absolute atomic E-state index is 14.7. The molecule has 0 aliphatic rings. The summed E-state index contributed by atoms with van der Waals surface area (Å²) in [6.45, 7) is 4.32. The average molecular weight is 543 g/mol. The molecule has 11 heteroatoms. The first-order valence-electron chi connectivity index (χ1n) is 8.76. The second kappa shape index (κ2) is 11.4. The molecule has 0 spiro atoms. The number of carboxylic acid groups (broad SMARTS) is 1. The van der Waals surface area contributed by atoms with Gasteiger partial charge in [0.1, 0.15) is 23.4 Å². The van der Waals surface area contributed by atoms with Crippen molar-refractivity contribution in [1.82, 2.24) is 5.32 Å². The van der Waals surface area contributed by atoms with Crippen LogP contribution in [0.2, 0.25) is 0 Å². The first kappa shape index (κ1) is 25.3. The smallest absolute Gasteiger partial charge is 0.326 e. The van der Waals surface area contributed by atoms with E-state index in [-0.39, 0.29) is 33.7 Å². The summed E-state index contributed by atoms with van der Waals surface area (Å²) in [5.74, 6) is -4.98. The van der Waals surface area contributed by atoms with E-state index in [2.05, 4.69) is 37.2 Å². The monoisotopic (exact) mass is 541 g/mol. The molecule has 0 heterocycles. The minimum absolute atomic E-state index is 0.0443. The molecular weight excluding hydrogens is 520 g/mol. The highest BCUT2D eigenvalue weighted by atomic mass is 79.9. The summed E-state index contributed by atoms with van der Waals surface area (Å²) < 4.78 is 29.4. The molecule has 0 saturated heterocycles. The lowest BCUT2D eigenvalue weighted by Crippen LogP contribution is -2.41. The van der Waals surface area contributed by atoms with E-state index in [1.54, 1.807) is 0 Å². The number of carbonyl (C=O) groups is 3.